The molecule has 1 aromatic rings. The first-order chi connectivity index (χ1) is 8.75. The zero-order chi connectivity index (χ0) is 12.5. The largest absolute Gasteiger partial charge is 0.385 e. The third kappa shape index (κ3) is 2.22. The minimum absolute atomic E-state index is 0.183. The Morgan fingerprint density at radius 2 is 2.28 bits per heavy atom. The van der Waals surface area contributed by atoms with Gasteiger partial charge in [0, 0.05) is 31.4 Å². The van der Waals surface area contributed by atoms with Crippen LogP contribution < -0.4 is 5.32 Å². The van der Waals surface area contributed by atoms with Crippen LogP contribution in [0.3, 0.4) is 0 Å². The van der Waals surface area contributed by atoms with Gasteiger partial charge < -0.3 is 10.2 Å². The summed E-state index contributed by atoms with van der Waals surface area (Å²) in [5, 5.41) is 3.38. The Hall–Kier alpha value is -1.51. The molecule has 1 saturated carbocycles. The number of benzene rings is 1. The maximum absolute atomic E-state index is 12.5. The van der Waals surface area contributed by atoms with Crippen molar-refractivity contribution in [2.45, 2.75) is 25.7 Å². The third-order valence-corrected chi connectivity index (χ3v) is 3.90. The Balaban J connectivity index is 1.83. The van der Waals surface area contributed by atoms with Gasteiger partial charge in [-0.3, -0.25) is 4.79 Å². The highest BCUT2D eigenvalue weighted by atomic mass is 16.2. The van der Waals surface area contributed by atoms with Crippen LogP contribution in [0.2, 0.25) is 0 Å². The lowest BCUT2D eigenvalue weighted by molar-refractivity contribution is 0.0787. The fraction of sp³-hybridized carbons (Fsp3) is 0.533. The van der Waals surface area contributed by atoms with Crippen molar-refractivity contribution < 1.29 is 4.79 Å². The molecule has 0 radical (unpaired) electrons. The van der Waals surface area contributed by atoms with Crippen LogP contribution in [0.25, 0.3) is 0 Å². The van der Waals surface area contributed by atoms with Gasteiger partial charge in [-0.05, 0) is 49.3 Å². The summed E-state index contributed by atoms with van der Waals surface area (Å²) in [4.78, 5) is 14.4. The van der Waals surface area contributed by atoms with Gasteiger partial charge in [0.2, 0.25) is 0 Å². The van der Waals surface area contributed by atoms with Gasteiger partial charge in [0.1, 0.15) is 0 Å². The van der Waals surface area contributed by atoms with Crippen molar-refractivity contribution in [1.29, 1.82) is 0 Å². The molecule has 1 amide bonds. The molecule has 0 bridgehead atoms. The minimum atomic E-state index is 0.183. The van der Waals surface area contributed by atoms with Gasteiger partial charge in [0.05, 0.1) is 0 Å². The lowest BCUT2D eigenvalue weighted by atomic mass is 9.97. The fourth-order valence-corrected chi connectivity index (χ4v) is 2.69. The molecule has 1 aliphatic heterocycles. The summed E-state index contributed by atoms with van der Waals surface area (Å²) in [6.07, 6.45) is 4.70. The minimum Gasteiger partial charge on any atom is -0.385 e. The van der Waals surface area contributed by atoms with Gasteiger partial charge in [-0.2, -0.15) is 0 Å². The summed E-state index contributed by atoms with van der Waals surface area (Å²) in [5.74, 6) is 0.930. The average Bonchev–Trinajstić information content (AvgIpc) is 3.21. The predicted molar refractivity (Wildman–Crippen MR) is 72.9 cm³/mol. The Morgan fingerprint density at radius 1 is 1.44 bits per heavy atom. The number of rotatable bonds is 3. The number of carbonyl (C=O) groups is 1. The molecule has 0 unspecified atom stereocenters. The zero-order valence-electron chi connectivity index (χ0n) is 10.9. The second kappa shape index (κ2) is 4.63. The van der Waals surface area contributed by atoms with Crippen molar-refractivity contribution in [2.24, 2.45) is 5.92 Å². The van der Waals surface area contributed by atoms with Crippen molar-refractivity contribution in [3.63, 3.8) is 0 Å². The van der Waals surface area contributed by atoms with Crippen molar-refractivity contribution >= 4 is 11.6 Å². The van der Waals surface area contributed by atoms with E-state index in [-0.39, 0.29) is 5.91 Å². The number of fused-ring (bicyclic) bond motifs is 1. The van der Waals surface area contributed by atoms with Crippen molar-refractivity contribution in [3.05, 3.63) is 29.3 Å². The first-order valence-corrected chi connectivity index (χ1v) is 6.87. The van der Waals surface area contributed by atoms with Crippen LogP contribution in [0.5, 0.6) is 0 Å². The first kappa shape index (κ1) is 11.6. The smallest absolute Gasteiger partial charge is 0.253 e. The van der Waals surface area contributed by atoms with Crippen LogP contribution in [0.15, 0.2) is 18.2 Å². The molecule has 3 heteroatoms. The number of nitrogens with zero attached hydrogens (tertiary/aromatic N) is 1. The molecule has 3 rings (SSSR count). The van der Waals surface area contributed by atoms with Gasteiger partial charge >= 0.3 is 0 Å². The Kier molecular flexibility index (Phi) is 2.98. The van der Waals surface area contributed by atoms with Crippen LogP contribution in [-0.4, -0.2) is 30.9 Å². The third-order valence-electron chi connectivity index (χ3n) is 3.90. The molecule has 0 spiro atoms. The van der Waals surface area contributed by atoms with Crippen molar-refractivity contribution in [3.8, 4) is 0 Å². The first-order valence-electron chi connectivity index (χ1n) is 6.87. The summed E-state index contributed by atoms with van der Waals surface area (Å²) < 4.78 is 0. The maximum Gasteiger partial charge on any atom is 0.253 e. The van der Waals surface area contributed by atoms with E-state index in [1.54, 1.807) is 0 Å². The van der Waals surface area contributed by atoms with E-state index in [1.165, 1.54) is 18.4 Å². The monoisotopic (exact) mass is 244 g/mol. The Labute approximate surface area is 108 Å². The van der Waals surface area contributed by atoms with Gasteiger partial charge in [-0.25, -0.2) is 0 Å². The predicted octanol–water partition coefficient (Wildman–Crippen LogP) is 2.53. The summed E-state index contributed by atoms with van der Waals surface area (Å²) >= 11 is 0. The highest BCUT2D eigenvalue weighted by Crippen LogP contribution is 2.31. The molecule has 1 aromatic carbocycles. The van der Waals surface area contributed by atoms with Crippen molar-refractivity contribution in [2.75, 3.05) is 25.5 Å². The van der Waals surface area contributed by atoms with E-state index in [1.807, 2.05) is 24.1 Å². The number of hydrogen-bond acceptors (Lipinski definition) is 2. The molecule has 2 aliphatic rings. The van der Waals surface area contributed by atoms with Gasteiger partial charge in [-0.15, -0.1) is 0 Å². The van der Waals surface area contributed by atoms with E-state index in [2.05, 4.69) is 11.4 Å². The Morgan fingerprint density at radius 3 is 3.06 bits per heavy atom. The summed E-state index contributed by atoms with van der Waals surface area (Å²) in [7, 11) is 1.93. The lowest BCUT2D eigenvalue weighted by Gasteiger charge is -2.23. The second-order valence-electron chi connectivity index (χ2n) is 5.49. The van der Waals surface area contributed by atoms with E-state index >= 15 is 0 Å². The number of anilines is 1. The molecule has 1 fully saturated rings. The number of amides is 1. The summed E-state index contributed by atoms with van der Waals surface area (Å²) in [6.45, 7) is 1.93. The molecule has 0 saturated heterocycles. The van der Waals surface area contributed by atoms with Crippen LogP contribution >= 0.6 is 0 Å². The molecule has 1 heterocycles. The van der Waals surface area contributed by atoms with Gasteiger partial charge in [0.15, 0.2) is 0 Å². The highest BCUT2D eigenvalue weighted by Gasteiger charge is 2.26. The Bertz CT molecular complexity index is 466. The molecule has 3 nitrogen and oxygen atoms in total. The standard InChI is InChI=1S/C15H20N2O/c1-17(10-11-7-8-11)15(18)13-4-2-6-14-12(13)5-3-9-16-14/h2,4,6,11,16H,3,5,7-10H2,1H3. The van der Waals surface area contributed by atoms with E-state index in [9.17, 15) is 4.79 Å². The van der Waals surface area contributed by atoms with Gasteiger partial charge in [0.25, 0.3) is 5.91 Å². The van der Waals surface area contributed by atoms with Crippen LogP contribution in [-0.2, 0) is 6.42 Å². The molecule has 1 N–H and O–H groups in total. The van der Waals surface area contributed by atoms with Crippen LogP contribution in [0.1, 0.15) is 35.2 Å². The molecule has 18 heavy (non-hydrogen) atoms. The maximum atomic E-state index is 12.5. The van der Waals surface area contributed by atoms with Gasteiger partial charge in [-0.1, -0.05) is 6.07 Å². The quantitative estimate of drug-likeness (QED) is 0.886. The number of nitrogens with one attached hydrogen (secondary N) is 1. The SMILES string of the molecule is CN(CC1CC1)C(=O)c1cccc2c1CCCN2. The molecular weight excluding hydrogens is 224 g/mol. The zero-order valence-corrected chi connectivity index (χ0v) is 10.9. The second-order valence-corrected chi connectivity index (χ2v) is 5.49. The van der Waals surface area contributed by atoms with Crippen LogP contribution in [0, 0.1) is 5.92 Å². The topological polar surface area (TPSA) is 32.3 Å². The van der Waals surface area contributed by atoms with E-state index < -0.39 is 0 Å². The molecule has 96 valence electrons. The summed E-state index contributed by atoms with van der Waals surface area (Å²) in [6, 6.07) is 6.03. The molecule has 0 aromatic heterocycles. The number of hydrogen-bond donors (Lipinski definition) is 1. The molecule has 1 aliphatic carbocycles. The van der Waals surface area contributed by atoms with E-state index in [0.29, 0.717) is 0 Å². The normalized spacial score (nSPS) is 17.8. The summed E-state index contributed by atoms with van der Waals surface area (Å²) in [5.41, 5.74) is 3.24. The van der Waals surface area contributed by atoms with Crippen molar-refractivity contribution in [1.82, 2.24) is 4.90 Å². The van der Waals surface area contributed by atoms with Crippen LogP contribution in [0.4, 0.5) is 5.69 Å². The highest BCUT2D eigenvalue weighted by molar-refractivity contribution is 5.97. The van der Waals surface area contributed by atoms with E-state index in [4.69, 9.17) is 0 Å². The average molecular weight is 244 g/mol. The lowest BCUT2D eigenvalue weighted by Crippen LogP contribution is -2.30. The fourth-order valence-electron chi connectivity index (χ4n) is 2.69. The number of carbonyl (C=O) groups excluding carboxylic acids is 1. The molecule has 0 atom stereocenters. The van der Waals surface area contributed by atoms with E-state index in [0.717, 1.165) is 43.1 Å². The molecular formula is C15H20N2O.